The molecule has 0 bridgehead atoms. The van der Waals surface area contributed by atoms with E-state index in [9.17, 15) is 9.59 Å². The van der Waals surface area contributed by atoms with Gasteiger partial charge in [-0.3, -0.25) is 9.59 Å². The lowest BCUT2D eigenvalue weighted by Crippen LogP contribution is -2.32. The first kappa shape index (κ1) is 23.0. The summed E-state index contributed by atoms with van der Waals surface area (Å²) in [6, 6.07) is 25.3. The van der Waals surface area contributed by atoms with Gasteiger partial charge in [0, 0.05) is 46.6 Å². The molecule has 0 amide bonds. The Labute approximate surface area is 207 Å². The number of benzene rings is 3. The molecule has 0 spiro atoms. The van der Waals surface area contributed by atoms with Crippen molar-refractivity contribution >= 4 is 11.6 Å². The van der Waals surface area contributed by atoms with Gasteiger partial charge in [0.25, 0.3) is 0 Å². The number of carbonyl (C=O) groups is 2. The van der Waals surface area contributed by atoms with Gasteiger partial charge in [0.2, 0.25) is 0 Å². The number of carbonyl (C=O) groups excluding carboxylic acids is 2. The second-order valence-corrected chi connectivity index (χ2v) is 9.67. The highest BCUT2D eigenvalue weighted by Gasteiger charge is 2.37. The van der Waals surface area contributed by atoms with E-state index in [1.807, 2.05) is 79.1 Å². The molecule has 2 aliphatic rings. The molecule has 176 valence electrons. The van der Waals surface area contributed by atoms with E-state index in [0.717, 1.165) is 29.5 Å². The van der Waals surface area contributed by atoms with Gasteiger partial charge in [0.1, 0.15) is 0 Å². The Hall–Kier alpha value is -3.72. The highest BCUT2D eigenvalue weighted by molar-refractivity contribution is 6.15. The van der Waals surface area contributed by atoms with Gasteiger partial charge in [-0.05, 0) is 43.4 Å². The Morgan fingerprint density at radius 1 is 0.686 bits per heavy atom. The summed E-state index contributed by atoms with van der Waals surface area (Å²) in [5, 5.41) is 0. The van der Waals surface area contributed by atoms with Crippen molar-refractivity contribution in [2.45, 2.75) is 51.5 Å². The number of hydrogen-bond acceptors (Lipinski definition) is 3. The summed E-state index contributed by atoms with van der Waals surface area (Å²) in [7, 11) is 0. The van der Waals surface area contributed by atoms with Crippen LogP contribution in [-0.2, 0) is 0 Å². The van der Waals surface area contributed by atoms with E-state index in [1.54, 1.807) is 0 Å². The molecule has 3 aromatic carbocycles. The van der Waals surface area contributed by atoms with Crippen molar-refractivity contribution in [2.24, 2.45) is 0 Å². The summed E-state index contributed by atoms with van der Waals surface area (Å²) in [5.41, 5.74) is 5.91. The zero-order chi connectivity index (χ0) is 24.4. The lowest BCUT2D eigenvalue weighted by Gasteiger charge is -2.35. The predicted molar refractivity (Wildman–Crippen MR) is 140 cm³/mol. The first-order valence-corrected chi connectivity index (χ1v) is 12.5. The van der Waals surface area contributed by atoms with Crippen molar-refractivity contribution in [1.82, 2.24) is 4.90 Å². The molecule has 1 saturated carbocycles. The first-order valence-electron chi connectivity index (χ1n) is 12.5. The molecule has 35 heavy (non-hydrogen) atoms. The number of aryl methyl sites for hydroxylation is 1. The number of rotatable bonds is 6. The zero-order valence-corrected chi connectivity index (χ0v) is 20.4. The van der Waals surface area contributed by atoms with Crippen molar-refractivity contribution in [3.8, 4) is 0 Å². The van der Waals surface area contributed by atoms with Crippen molar-refractivity contribution in [3.63, 3.8) is 0 Å². The van der Waals surface area contributed by atoms with Gasteiger partial charge >= 0.3 is 0 Å². The first-order chi connectivity index (χ1) is 17.0. The highest BCUT2D eigenvalue weighted by atomic mass is 16.1. The number of nitrogens with zero attached hydrogens (tertiary/aromatic N) is 1. The minimum Gasteiger partial charge on any atom is -0.350 e. The molecule has 0 radical (unpaired) electrons. The molecule has 1 fully saturated rings. The van der Waals surface area contributed by atoms with Gasteiger partial charge in [-0.1, -0.05) is 91.7 Å². The Bertz CT molecular complexity index is 1230. The molecule has 3 aromatic rings. The van der Waals surface area contributed by atoms with E-state index < -0.39 is 5.92 Å². The number of ketones is 2. The summed E-state index contributed by atoms with van der Waals surface area (Å²) in [6.45, 7) is 4.17. The standard InChI is InChI=1S/C32H31NO2/c1-22-12-11-19-27(23(22)2)30-28(31(34)24-13-5-3-6-14-24)20-33(26-17-9-10-18-26)21-29(30)32(35)25-15-7-4-8-16-25/h3-8,11-16,19-21,26,30H,9-10,17-18H2,1-2H3. The summed E-state index contributed by atoms with van der Waals surface area (Å²) >= 11 is 0. The fourth-order valence-electron chi connectivity index (χ4n) is 5.40. The van der Waals surface area contributed by atoms with Crippen LogP contribution >= 0.6 is 0 Å². The molecule has 1 aliphatic carbocycles. The molecule has 0 aromatic heterocycles. The lowest BCUT2D eigenvalue weighted by molar-refractivity contribution is 0.101. The lowest BCUT2D eigenvalue weighted by atomic mass is 9.76. The molecule has 0 saturated heterocycles. The Kier molecular flexibility index (Phi) is 6.50. The Balaban J connectivity index is 1.70. The van der Waals surface area contributed by atoms with Crippen LogP contribution in [0.1, 0.15) is 69.0 Å². The summed E-state index contributed by atoms with van der Waals surface area (Å²) in [6.07, 6.45) is 8.54. The monoisotopic (exact) mass is 461 g/mol. The maximum Gasteiger partial charge on any atom is 0.191 e. The summed E-state index contributed by atoms with van der Waals surface area (Å²) < 4.78 is 0. The van der Waals surface area contributed by atoms with Crippen LogP contribution in [0, 0.1) is 13.8 Å². The molecule has 0 N–H and O–H groups in total. The molecule has 3 nitrogen and oxygen atoms in total. The molecular formula is C32H31NO2. The van der Waals surface area contributed by atoms with Gasteiger partial charge in [0.15, 0.2) is 11.6 Å². The third kappa shape index (κ3) is 4.51. The van der Waals surface area contributed by atoms with E-state index in [0.29, 0.717) is 28.3 Å². The Morgan fingerprint density at radius 3 is 1.71 bits per heavy atom. The van der Waals surface area contributed by atoms with Gasteiger partial charge < -0.3 is 4.90 Å². The van der Waals surface area contributed by atoms with E-state index in [-0.39, 0.29) is 11.6 Å². The van der Waals surface area contributed by atoms with E-state index in [1.165, 1.54) is 12.8 Å². The minimum atomic E-state index is -0.423. The SMILES string of the molecule is Cc1cccc(C2C(C(=O)c3ccccc3)=CN(C3CCCC3)C=C2C(=O)c2ccccc2)c1C. The quantitative estimate of drug-likeness (QED) is 0.365. The van der Waals surface area contributed by atoms with Crippen molar-refractivity contribution in [1.29, 1.82) is 0 Å². The van der Waals surface area contributed by atoms with E-state index >= 15 is 0 Å². The van der Waals surface area contributed by atoms with Crippen LogP contribution in [0.25, 0.3) is 0 Å². The van der Waals surface area contributed by atoms with Crippen LogP contribution in [0.3, 0.4) is 0 Å². The molecular weight excluding hydrogens is 430 g/mol. The zero-order valence-electron chi connectivity index (χ0n) is 20.4. The summed E-state index contributed by atoms with van der Waals surface area (Å²) in [5.74, 6) is -0.468. The van der Waals surface area contributed by atoms with E-state index in [4.69, 9.17) is 0 Å². The number of hydrogen-bond donors (Lipinski definition) is 0. The predicted octanol–water partition coefficient (Wildman–Crippen LogP) is 7.18. The maximum absolute atomic E-state index is 14.0. The van der Waals surface area contributed by atoms with Crippen LogP contribution in [0.4, 0.5) is 0 Å². The van der Waals surface area contributed by atoms with Crippen molar-refractivity contribution < 1.29 is 9.59 Å². The van der Waals surface area contributed by atoms with Gasteiger partial charge in [-0.15, -0.1) is 0 Å². The average molecular weight is 462 g/mol. The summed E-state index contributed by atoms with van der Waals surface area (Å²) in [4.78, 5) is 30.2. The fourth-order valence-corrected chi connectivity index (χ4v) is 5.40. The van der Waals surface area contributed by atoms with Crippen molar-refractivity contribution in [2.75, 3.05) is 0 Å². The highest BCUT2D eigenvalue weighted by Crippen LogP contribution is 2.42. The number of allylic oxidation sites excluding steroid dienone is 2. The van der Waals surface area contributed by atoms with Gasteiger partial charge in [0.05, 0.1) is 0 Å². The molecule has 3 heteroatoms. The topological polar surface area (TPSA) is 37.4 Å². The van der Waals surface area contributed by atoms with E-state index in [2.05, 4.69) is 30.9 Å². The van der Waals surface area contributed by atoms with Crippen molar-refractivity contribution in [3.05, 3.63) is 130 Å². The molecule has 1 heterocycles. The largest absolute Gasteiger partial charge is 0.350 e. The van der Waals surface area contributed by atoms with Gasteiger partial charge in [-0.2, -0.15) is 0 Å². The minimum absolute atomic E-state index is 0.0223. The van der Waals surface area contributed by atoms with Crippen LogP contribution in [0.15, 0.2) is 102 Å². The number of Topliss-reactive ketones (excluding diaryl/α,β-unsaturated/α-hetero) is 2. The molecule has 5 rings (SSSR count). The second-order valence-electron chi connectivity index (χ2n) is 9.67. The third-order valence-corrected chi connectivity index (χ3v) is 7.50. The molecule has 1 aliphatic heterocycles. The second kappa shape index (κ2) is 9.87. The maximum atomic E-state index is 14.0. The molecule has 0 atom stereocenters. The normalized spacial score (nSPS) is 16.7. The smallest absolute Gasteiger partial charge is 0.191 e. The fraction of sp³-hybridized carbons (Fsp3) is 0.250. The van der Waals surface area contributed by atoms with Crippen LogP contribution in [0.2, 0.25) is 0 Å². The third-order valence-electron chi connectivity index (χ3n) is 7.50. The van der Waals surface area contributed by atoms with Gasteiger partial charge in [-0.25, -0.2) is 0 Å². The van der Waals surface area contributed by atoms with Crippen LogP contribution < -0.4 is 0 Å². The van der Waals surface area contributed by atoms with Crippen LogP contribution in [-0.4, -0.2) is 22.5 Å². The molecule has 0 unspecified atom stereocenters. The average Bonchev–Trinajstić information content (AvgIpc) is 3.45. The Morgan fingerprint density at radius 2 is 1.20 bits per heavy atom. The van der Waals surface area contributed by atoms with Crippen LogP contribution in [0.5, 0.6) is 0 Å².